The lowest BCUT2D eigenvalue weighted by Gasteiger charge is -2.29. The second kappa shape index (κ2) is 5.52. The van der Waals surface area contributed by atoms with Crippen molar-refractivity contribution in [1.29, 1.82) is 0 Å². The molecule has 0 radical (unpaired) electrons. The first-order valence-corrected chi connectivity index (χ1v) is 6.57. The van der Waals surface area contributed by atoms with Gasteiger partial charge in [0.25, 0.3) is 0 Å². The van der Waals surface area contributed by atoms with Crippen molar-refractivity contribution in [3.8, 4) is 0 Å². The van der Waals surface area contributed by atoms with Crippen molar-refractivity contribution in [2.45, 2.75) is 51.0 Å². The van der Waals surface area contributed by atoms with E-state index in [2.05, 4.69) is 5.32 Å². The molecule has 1 aliphatic heterocycles. The van der Waals surface area contributed by atoms with Gasteiger partial charge in [-0.05, 0) is 24.7 Å². The van der Waals surface area contributed by atoms with Crippen molar-refractivity contribution < 1.29 is 14.3 Å². The van der Waals surface area contributed by atoms with Crippen LogP contribution in [0.25, 0.3) is 0 Å². The van der Waals surface area contributed by atoms with E-state index in [1.54, 1.807) is 0 Å². The molecule has 1 aliphatic carbocycles. The maximum atomic E-state index is 11.5. The van der Waals surface area contributed by atoms with Gasteiger partial charge in [0.15, 0.2) is 0 Å². The zero-order valence-corrected chi connectivity index (χ0v) is 10.4. The van der Waals surface area contributed by atoms with Gasteiger partial charge in [0, 0.05) is 12.5 Å². The van der Waals surface area contributed by atoms with Crippen LogP contribution in [0.4, 0.5) is 0 Å². The SMILES string of the molecule is COC(=O)CC1CCCCCC2CC(=O)NC21. The molecule has 0 bridgehead atoms. The molecule has 3 unspecified atom stereocenters. The maximum Gasteiger partial charge on any atom is 0.305 e. The molecule has 1 amide bonds. The molecule has 2 aliphatic rings. The van der Waals surface area contributed by atoms with Crippen LogP contribution < -0.4 is 5.32 Å². The third kappa shape index (κ3) is 2.99. The Hall–Kier alpha value is -1.06. The van der Waals surface area contributed by atoms with E-state index >= 15 is 0 Å². The summed E-state index contributed by atoms with van der Waals surface area (Å²) in [5.41, 5.74) is 0. The van der Waals surface area contributed by atoms with E-state index in [4.69, 9.17) is 4.74 Å². The van der Waals surface area contributed by atoms with E-state index in [0.717, 1.165) is 19.3 Å². The second-order valence-corrected chi connectivity index (χ2v) is 5.24. The lowest BCUT2D eigenvalue weighted by Crippen LogP contribution is -2.38. The number of carbonyl (C=O) groups excluding carboxylic acids is 2. The van der Waals surface area contributed by atoms with Crippen molar-refractivity contribution >= 4 is 11.9 Å². The Morgan fingerprint density at radius 3 is 2.88 bits per heavy atom. The fourth-order valence-corrected chi connectivity index (χ4v) is 3.21. The molecule has 3 atom stereocenters. The molecule has 1 N–H and O–H groups in total. The Kier molecular flexibility index (Phi) is 4.02. The molecule has 1 saturated heterocycles. The van der Waals surface area contributed by atoms with Crippen LogP contribution in [0.15, 0.2) is 0 Å². The molecule has 0 spiro atoms. The molecule has 1 saturated carbocycles. The van der Waals surface area contributed by atoms with Crippen molar-refractivity contribution in [1.82, 2.24) is 5.32 Å². The fourth-order valence-electron chi connectivity index (χ4n) is 3.21. The molecule has 2 rings (SSSR count). The van der Waals surface area contributed by atoms with E-state index in [1.165, 1.54) is 20.0 Å². The normalized spacial score (nSPS) is 33.2. The van der Waals surface area contributed by atoms with Crippen LogP contribution >= 0.6 is 0 Å². The highest BCUT2D eigenvalue weighted by atomic mass is 16.5. The lowest BCUT2D eigenvalue weighted by atomic mass is 9.79. The second-order valence-electron chi connectivity index (χ2n) is 5.24. The number of esters is 1. The number of fused-ring (bicyclic) bond motifs is 1. The molecule has 4 nitrogen and oxygen atoms in total. The quantitative estimate of drug-likeness (QED) is 0.745. The minimum Gasteiger partial charge on any atom is -0.469 e. The first kappa shape index (κ1) is 12.4. The molecule has 0 aromatic carbocycles. The Labute approximate surface area is 102 Å². The number of methoxy groups -OCH3 is 1. The number of carbonyl (C=O) groups is 2. The Morgan fingerprint density at radius 2 is 2.12 bits per heavy atom. The average Bonchev–Trinajstić information content (AvgIpc) is 2.65. The summed E-state index contributed by atoms with van der Waals surface area (Å²) < 4.78 is 4.75. The topological polar surface area (TPSA) is 55.4 Å². The lowest BCUT2D eigenvalue weighted by molar-refractivity contribution is -0.142. The molecule has 4 heteroatoms. The van der Waals surface area contributed by atoms with Crippen molar-refractivity contribution in [3.05, 3.63) is 0 Å². The van der Waals surface area contributed by atoms with Crippen LogP contribution in [-0.4, -0.2) is 25.0 Å². The summed E-state index contributed by atoms with van der Waals surface area (Å²) >= 11 is 0. The molecule has 0 aromatic heterocycles. The zero-order chi connectivity index (χ0) is 12.3. The summed E-state index contributed by atoms with van der Waals surface area (Å²) in [6.07, 6.45) is 6.80. The van der Waals surface area contributed by atoms with Crippen LogP contribution in [0.3, 0.4) is 0 Å². The van der Waals surface area contributed by atoms with Gasteiger partial charge < -0.3 is 10.1 Å². The summed E-state index contributed by atoms with van der Waals surface area (Å²) in [6.45, 7) is 0. The van der Waals surface area contributed by atoms with Gasteiger partial charge in [-0.1, -0.05) is 19.3 Å². The third-order valence-corrected chi connectivity index (χ3v) is 4.10. The van der Waals surface area contributed by atoms with Gasteiger partial charge in [-0.3, -0.25) is 9.59 Å². The molecule has 1 heterocycles. The standard InChI is InChI=1S/C13H21NO3/c1-17-12(16)8-10-6-4-2-3-5-9-7-11(15)14-13(9)10/h9-10,13H,2-8H2,1H3,(H,14,15). The summed E-state index contributed by atoms with van der Waals surface area (Å²) in [6, 6.07) is 0.196. The highest BCUT2D eigenvalue weighted by Crippen LogP contribution is 2.34. The number of nitrogens with one attached hydrogen (secondary N) is 1. The first-order chi connectivity index (χ1) is 8.20. The zero-order valence-electron chi connectivity index (χ0n) is 10.4. The highest BCUT2D eigenvalue weighted by Gasteiger charge is 2.38. The number of hydrogen-bond acceptors (Lipinski definition) is 3. The van der Waals surface area contributed by atoms with Gasteiger partial charge in [0.05, 0.1) is 13.5 Å². The molecule has 96 valence electrons. The monoisotopic (exact) mass is 239 g/mol. The number of amides is 1. The third-order valence-electron chi connectivity index (χ3n) is 4.10. The molecule has 2 fully saturated rings. The Balaban J connectivity index is 2.04. The largest absolute Gasteiger partial charge is 0.469 e. The van der Waals surface area contributed by atoms with E-state index in [-0.39, 0.29) is 23.8 Å². The fraction of sp³-hybridized carbons (Fsp3) is 0.846. The maximum absolute atomic E-state index is 11.5. The van der Waals surface area contributed by atoms with Gasteiger partial charge in [0.2, 0.25) is 5.91 Å². The van der Waals surface area contributed by atoms with Gasteiger partial charge in [-0.25, -0.2) is 0 Å². The van der Waals surface area contributed by atoms with Gasteiger partial charge in [0.1, 0.15) is 0 Å². The minimum absolute atomic E-state index is 0.150. The summed E-state index contributed by atoms with van der Waals surface area (Å²) in [7, 11) is 1.43. The molecule has 17 heavy (non-hydrogen) atoms. The van der Waals surface area contributed by atoms with E-state index in [9.17, 15) is 9.59 Å². The summed E-state index contributed by atoms with van der Waals surface area (Å²) in [5, 5.41) is 3.06. The molecule has 0 aromatic rings. The predicted molar refractivity (Wildman–Crippen MR) is 63.2 cm³/mol. The van der Waals surface area contributed by atoms with Gasteiger partial charge >= 0.3 is 5.97 Å². The Bertz CT molecular complexity index is 303. The summed E-state index contributed by atoms with van der Waals surface area (Å²) in [4.78, 5) is 22.9. The Morgan fingerprint density at radius 1 is 1.35 bits per heavy atom. The molecular weight excluding hydrogens is 218 g/mol. The average molecular weight is 239 g/mol. The minimum atomic E-state index is -0.157. The number of rotatable bonds is 2. The highest BCUT2D eigenvalue weighted by molar-refractivity contribution is 5.79. The van der Waals surface area contributed by atoms with Crippen LogP contribution in [-0.2, 0) is 14.3 Å². The van der Waals surface area contributed by atoms with E-state index in [1.807, 2.05) is 0 Å². The number of ether oxygens (including phenoxy) is 1. The first-order valence-electron chi connectivity index (χ1n) is 6.57. The van der Waals surface area contributed by atoms with Crippen molar-refractivity contribution in [3.63, 3.8) is 0 Å². The smallest absolute Gasteiger partial charge is 0.305 e. The van der Waals surface area contributed by atoms with Crippen LogP contribution in [0.5, 0.6) is 0 Å². The van der Waals surface area contributed by atoms with Crippen LogP contribution in [0, 0.1) is 11.8 Å². The van der Waals surface area contributed by atoms with Gasteiger partial charge in [-0.2, -0.15) is 0 Å². The van der Waals surface area contributed by atoms with Crippen molar-refractivity contribution in [2.24, 2.45) is 11.8 Å². The van der Waals surface area contributed by atoms with Crippen LogP contribution in [0.1, 0.15) is 44.9 Å². The summed E-state index contributed by atoms with van der Waals surface area (Å²) in [5.74, 6) is 0.684. The number of hydrogen-bond donors (Lipinski definition) is 1. The van der Waals surface area contributed by atoms with E-state index < -0.39 is 0 Å². The van der Waals surface area contributed by atoms with Crippen LogP contribution in [0.2, 0.25) is 0 Å². The van der Waals surface area contributed by atoms with Gasteiger partial charge in [-0.15, -0.1) is 0 Å². The van der Waals surface area contributed by atoms with Crippen molar-refractivity contribution in [2.75, 3.05) is 7.11 Å². The predicted octanol–water partition coefficient (Wildman–Crippen LogP) is 1.63. The molecular formula is C13H21NO3. The van der Waals surface area contributed by atoms with E-state index in [0.29, 0.717) is 18.8 Å².